The molecule has 8 nitrogen and oxygen atoms in total. The first kappa shape index (κ1) is 18.1. The molecule has 0 aliphatic carbocycles. The van der Waals surface area contributed by atoms with E-state index in [1.54, 1.807) is 18.5 Å². The number of rotatable bonds is 5. The Bertz CT molecular complexity index is 1470. The first-order chi connectivity index (χ1) is 15.8. The number of benzene rings is 2. The van der Waals surface area contributed by atoms with E-state index in [0.717, 1.165) is 50.4 Å². The molecule has 0 fully saturated rings. The van der Waals surface area contributed by atoms with Crippen LogP contribution >= 0.6 is 0 Å². The molecule has 2 aromatic carbocycles. The second-order valence-corrected chi connectivity index (χ2v) is 7.33. The van der Waals surface area contributed by atoms with Gasteiger partial charge in [0.1, 0.15) is 23.3 Å². The normalized spacial score (nSPS) is 11.2. The van der Waals surface area contributed by atoms with E-state index in [-0.39, 0.29) is 0 Å². The van der Waals surface area contributed by atoms with Crippen molar-refractivity contribution in [2.75, 3.05) is 0 Å². The number of aromatic nitrogens is 8. The van der Waals surface area contributed by atoms with Gasteiger partial charge in [-0.1, -0.05) is 12.7 Å². The molecule has 0 aliphatic heterocycles. The highest BCUT2D eigenvalue weighted by atomic mass is 15.0. The van der Waals surface area contributed by atoms with Gasteiger partial charge in [-0.2, -0.15) is 0 Å². The predicted molar refractivity (Wildman–Crippen MR) is 125 cm³/mol. The van der Waals surface area contributed by atoms with Crippen LogP contribution in [-0.2, 0) is 0 Å². The zero-order valence-electron chi connectivity index (χ0n) is 16.9. The van der Waals surface area contributed by atoms with Crippen LogP contribution in [0.4, 0.5) is 0 Å². The van der Waals surface area contributed by atoms with Gasteiger partial charge in [0.2, 0.25) is 0 Å². The summed E-state index contributed by atoms with van der Waals surface area (Å²) in [6.45, 7) is 3.87. The average Bonchev–Trinajstić information content (AvgIpc) is 3.62. The van der Waals surface area contributed by atoms with Gasteiger partial charge < -0.3 is 19.9 Å². The topological polar surface area (TPSA) is 115 Å². The van der Waals surface area contributed by atoms with Gasteiger partial charge in [-0.05, 0) is 42.5 Å². The molecule has 0 saturated heterocycles. The van der Waals surface area contributed by atoms with Gasteiger partial charge in [0.25, 0.3) is 0 Å². The van der Waals surface area contributed by atoms with Crippen molar-refractivity contribution < 1.29 is 0 Å². The van der Waals surface area contributed by atoms with Crippen molar-refractivity contribution in [1.29, 1.82) is 0 Å². The van der Waals surface area contributed by atoms with Crippen LogP contribution in [0.5, 0.6) is 0 Å². The van der Waals surface area contributed by atoms with Crippen molar-refractivity contribution >= 4 is 27.6 Å². The van der Waals surface area contributed by atoms with Gasteiger partial charge in [0.15, 0.2) is 0 Å². The summed E-state index contributed by atoms with van der Waals surface area (Å²) < 4.78 is 0. The zero-order chi connectivity index (χ0) is 21.5. The Labute approximate surface area is 182 Å². The number of imidazole rings is 4. The number of nitrogens with zero attached hydrogens (tertiary/aromatic N) is 4. The highest BCUT2D eigenvalue weighted by Gasteiger charge is 2.15. The Kier molecular flexibility index (Phi) is 4.07. The molecule has 6 rings (SSSR count). The SMILES string of the molecule is C=CC=C(c1nc2ccc(-c3ncc[nH]3)cc2[nH]1)c1nc2ccc(-c3ncc[nH]3)cc2[nH]1. The summed E-state index contributed by atoms with van der Waals surface area (Å²) in [6, 6.07) is 12.0. The van der Waals surface area contributed by atoms with E-state index in [1.165, 1.54) is 0 Å². The van der Waals surface area contributed by atoms with Crippen LogP contribution in [0, 0.1) is 0 Å². The highest BCUT2D eigenvalue weighted by molar-refractivity contribution is 5.88. The minimum absolute atomic E-state index is 0.710. The van der Waals surface area contributed by atoms with Crippen molar-refractivity contribution in [2.45, 2.75) is 0 Å². The molecule has 0 aliphatic rings. The van der Waals surface area contributed by atoms with Gasteiger partial charge in [-0.3, -0.25) is 0 Å². The van der Waals surface area contributed by atoms with E-state index >= 15 is 0 Å². The lowest BCUT2D eigenvalue weighted by atomic mass is 10.2. The number of allylic oxidation sites excluding steroid dienone is 2. The lowest BCUT2D eigenvalue weighted by Crippen LogP contribution is -1.92. The quantitative estimate of drug-likeness (QED) is 0.300. The molecule has 154 valence electrons. The van der Waals surface area contributed by atoms with E-state index in [2.05, 4.69) is 36.5 Å². The molecule has 0 bridgehead atoms. The van der Waals surface area contributed by atoms with E-state index in [0.29, 0.717) is 11.6 Å². The molecule has 0 saturated carbocycles. The molecule has 32 heavy (non-hydrogen) atoms. The summed E-state index contributed by atoms with van der Waals surface area (Å²) in [7, 11) is 0. The summed E-state index contributed by atoms with van der Waals surface area (Å²) in [5.41, 5.74) is 6.36. The Balaban J connectivity index is 1.42. The number of fused-ring (bicyclic) bond motifs is 2. The molecule has 0 unspecified atom stereocenters. The number of H-pyrrole nitrogens is 4. The summed E-state index contributed by atoms with van der Waals surface area (Å²) >= 11 is 0. The van der Waals surface area contributed by atoms with Crippen molar-refractivity contribution in [2.24, 2.45) is 0 Å². The molecule has 4 N–H and O–H groups in total. The third kappa shape index (κ3) is 3.02. The van der Waals surface area contributed by atoms with E-state index < -0.39 is 0 Å². The monoisotopic (exact) mass is 418 g/mol. The maximum atomic E-state index is 4.78. The minimum atomic E-state index is 0.710. The van der Waals surface area contributed by atoms with Crippen LogP contribution in [0.2, 0.25) is 0 Å². The molecule has 0 radical (unpaired) electrons. The van der Waals surface area contributed by atoms with Crippen molar-refractivity contribution in [1.82, 2.24) is 39.9 Å². The molecule has 4 aromatic heterocycles. The van der Waals surface area contributed by atoms with Gasteiger partial charge in [0.05, 0.1) is 27.6 Å². The van der Waals surface area contributed by atoms with Crippen LogP contribution in [0.15, 0.2) is 79.9 Å². The number of nitrogens with one attached hydrogen (secondary N) is 4. The molecule has 0 atom stereocenters. The van der Waals surface area contributed by atoms with Crippen molar-refractivity contribution in [3.05, 3.63) is 91.6 Å². The Morgan fingerprint density at radius 1 is 0.750 bits per heavy atom. The summed E-state index contributed by atoms with van der Waals surface area (Å²) in [6.07, 6.45) is 10.7. The standard InChI is InChI=1S/C24H18N8/c1-2-3-16(23-29-17-6-4-14(12-19(17)31-23)21-25-8-9-26-21)24-30-18-7-5-15(13-20(18)32-24)22-27-10-11-28-22/h2-13H,1H2,(H,25,26)(H,27,28)(H,29,31)(H,30,32). The van der Waals surface area contributed by atoms with Gasteiger partial charge in [-0.15, -0.1) is 0 Å². The summed E-state index contributed by atoms with van der Waals surface area (Å²) in [4.78, 5) is 31.3. The van der Waals surface area contributed by atoms with Crippen LogP contribution < -0.4 is 0 Å². The van der Waals surface area contributed by atoms with Gasteiger partial charge >= 0.3 is 0 Å². The molecule has 6 aromatic rings. The lowest BCUT2D eigenvalue weighted by Gasteiger charge is -1.99. The molecular weight excluding hydrogens is 400 g/mol. The van der Waals surface area contributed by atoms with Crippen LogP contribution in [0.25, 0.3) is 50.4 Å². The maximum Gasteiger partial charge on any atom is 0.142 e. The summed E-state index contributed by atoms with van der Waals surface area (Å²) in [5.74, 6) is 3.05. The van der Waals surface area contributed by atoms with Crippen LogP contribution in [0.1, 0.15) is 11.6 Å². The average molecular weight is 418 g/mol. The molecule has 0 spiro atoms. The second-order valence-electron chi connectivity index (χ2n) is 7.33. The van der Waals surface area contributed by atoms with Crippen molar-refractivity contribution in [3.63, 3.8) is 0 Å². The third-order valence-electron chi connectivity index (χ3n) is 5.30. The fourth-order valence-corrected chi connectivity index (χ4v) is 3.80. The summed E-state index contributed by atoms with van der Waals surface area (Å²) in [5, 5.41) is 0. The fourth-order valence-electron chi connectivity index (χ4n) is 3.80. The number of aromatic amines is 4. The van der Waals surface area contributed by atoms with Crippen molar-refractivity contribution in [3.8, 4) is 22.8 Å². The first-order valence-electron chi connectivity index (χ1n) is 10.1. The molecule has 4 heterocycles. The largest absolute Gasteiger partial charge is 0.345 e. The second kappa shape index (κ2) is 7.21. The molecule has 8 heteroatoms. The van der Waals surface area contributed by atoms with Gasteiger partial charge in [-0.25, -0.2) is 19.9 Å². The van der Waals surface area contributed by atoms with Crippen LogP contribution in [0.3, 0.4) is 0 Å². The van der Waals surface area contributed by atoms with E-state index in [1.807, 2.05) is 54.9 Å². The predicted octanol–water partition coefficient (Wildman–Crippen LogP) is 4.84. The first-order valence-corrected chi connectivity index (χ1v) is 10.1. The third-order valence-corrected chi connectivity index (χ3v) is 5.30. The number of hydrogen-bond acceptors (Lipinski definition) is 4. The lowest BCUT2D eigenvalue weighted by molar-refractivity contribution is 1.19. The Morgan fingerprint density at radius 2 is 1.28 bits per heavy atom. The Hall–Kier alpha value is -4.72. The zero-order valence-corrected chi connectivity index (χ0v) is 16.9. The van der Waals surface area contributed by atoms with Crippen LogP contribution in [-0.4, -0.2) is 39.9 Å². The van der Waals surface area contributed by atoms with E-state index in [9.17, 15) is 0 Å². The molecule has 0 amide bonds. The van der Waals surface area contributed by atoms with E-state index in [4.69, 9.17) is 9.97 Å². The van der Waals surface area contributed by atoms with Gasteiger partial charge in [0, 0.05) is 35.9 Å². The minimum Gasteiger partial charge on any atom is -0.345 e. The fraction of sp³-hybridized carbons (Fsp3) is 0. The maximum absolute atomic E-state index is 4.78. The number of hydrogen-bond donors (Lipinski definition) is 4. The smallest absolute Gasteiger partial charge is 0.142 e. The highest BCUT2D eigenvalue weighted by Crippen LogP contribution is 2.27. The Morgan fingerprint density at radius 3 is 1.72 bits per heavy atom. The molecular formula is C24H18N8.